The van der Waals surface area contributed by atoms with Gasteiger partial charge in [0.15, 0.2) is 5.69 Å². The summed E-state index contributed by atoms with van der Waals surface area (Å²) in [6.45, 7) is 2.54. The Hall–Kier alpha value is -0.420. The highest BCUT2D eigenvalue weighted by molar-refractivity contribution is 14.1. The highest BCUT2D eigenvalue weighted by Crippen LogP contribution is 2.34. The van der Waals surface area contributed by atoms with Gasteiger partial charge in [-0.3, -0.25) is 4.90 Å². The molecule has 0 saturated carbocycles. The van der Waals surface area contributed by atoms with Gasteiger partial charge in [0.25, 0.3) is 0 Å². The third kappa shape index (κ3) is 3.19. The van der Waals surface area contributed by atoms with Crippen LogP contribution in [0.3, 0.4) is 0 Å². The van der Waals surface area contributed by atoms with Crippen molar-refractivity contribution in [3.8, 4) is 0 Å². The Bertz CT molecular complexity index is 453. The van der Waals surface area contributed by atoms with Crippen molar-refractivity contribution in [2.45, 2.75) is 16.1 Å². The molecular weight excluding hydrogens is 374 g/mol. The molecule has 1 aromatic heterocycles. The van der Waals surface area contributed by atoms with Crippen molar-refractivity contribution in [1.82, 2.24) is 25.2 Å². The molecule has 19 heavy (non-hydrogen) atoms. The van der Waals surface area contributed by atoms with Gasteiger partial charge in [-0.15, -0.1) is 5.10 Å². The van der Waals surface area contributed by atoms with E-state index in [1.54, 1.807) is 0 Å². The maximum absolute atomic E-state index is 12.9. The Morgan fingerprint density at radius 1 is 1.42 bits per heavy atom. The van der Waals surface area contributed by atoms with Crippen LogP contribution in [0.5, 0.6) is 0 Å². The van der Waals surface area contributed by atoms with Gasteiger partial charge in [-0.1, -0.05) is 27.8 Å². The molecule has 0 unspecified atom stereocenters. The third-order valence-corrected chi connectivity index (χ3v) is 4.11. The lowest BCUT2D eigenvalue weighted by Gasteiger charge is -2.46. The minimum atomic E-state index is -4.41. The molecule has 108 valence electrons. The van der Waals surface area contributed by atoms with Crippen LogP contribution in [0.4, 0.5) is 13.2 Å². The molecule has 9 heteroatoms. The summed E-state index contributed by atoms with van der Waals surface area (Å²) in [5, 5.41) is 10.2. The van der Waals surface area contributed by atoms with Crippen LogP contribution in [0.25, 0.3) is 0 Å². The molecule has 1 saturated heterocycles. The van der Waals surface area contributed by atoms with Crippen molar-refractivity contribution in [1.29, 1.82) is 0 Å². The molecule has 1 fully saturated rings. The molecule has 0 aromatic carbocycles. The Morgan fingerprint density at radius 2 is 2.05 bits per heavy atom. The zero-order chi connectivity index (χ0) is 14.3. The van der Waals surface area contributed by atoms with Crippen LogP contribution in [0.2, 0.25) is 0 Å². The molecule has 2 heterocycles. The maximum atomic E-state index is 12.9. The fourth-order valence-corrected chi connectivity index (χ4v) is 3.71. The van der Waals surface area contributed by atoms with Gasteiger partial charge in [0.05, 0.1) is 3.42 Å². The first-order valence-corrected chi connectivity index (χ1v) is 6.85. The third-order valence-electron chi connectivity index (χ3n) is 3.05. The van der Waals surface area contributed by atoms with Gasteiger partial charge in [-0.05, 0) is 7.05 Å². The van der Waals surface area contributed by atoms with E-state index in [0.717, 1.165) is 24.3 Å². The predicted molar refractivity (Wildman–Crippen MR) is 72.0 cm³/mol. The average Bonchev–Trinajstić information content (AvgIpc) is 2.57. The summed E-state index contributed by atoms with van der Waals surface area (Å²) >= 11 is 2.35. The van der Waals surface area contributed by atoms with Crippen LogP contribution in [0.1, 0.15) is 11.4 Å². The molecule has 1 aliphatic heterocycles. The van der Waals surface area contributed by atoms with E-state index < -0.39 is 11.9 Å². The largest absolute Gasteiger partial charge is 0.434 e. The molecule has 0 amide bonds. The van der Waals surface area contributed by atoms with Gasteiger partial charge >= 0.3 is 6.18 Å². The van der Waals surface area contributed by atoms with Crippen LogP contribution in [-0.2, 0) is 19.8 Å². The van der Waals surface area contributed by atoms with Gasteiger partial charge < -0.3 is 5.32 Å². The Kier molecular flexibility index (Phi) is 4.07. The van der Waals surface area contributed by atoms with E-state index in [4.69, 9.17) is 0 Å². The SMILES string of the molecule is CNCC1(I)CN(Cc2nnn(C)c2C(F)(F)F)C1. The number of likely N-dealkylation sites (tertiary alicyclic amines) is 1. The predicted octanol–water partition coefficient (Wildman–Crippen LogP) is 1.04. The quantitative estimate of drug-likeness (QED) is 0.618. The first-order valence-electron chi connectivity index (χ1n) is 5.77. The normalized spacial score (nSPS) is 19.5. The summed E-state index contributed by atoms with van der Waals surface area (Å²) < 4.78 is 39.5. The van der Waals surface area contributed by atoms with Crippen LogP contribution < -0.4 is 5.32 Å². The van der Waals surface area contributed by atoms with E-state index >= 15 is 0 Å². The van der Waals surface area contributed by atoms with Crippen molar-refractivity contribution in [3.63, 3.8) is 0 Å². The van der Waals surface area contributed by atoms with E-state index in [2.05, 4.69) is 38.2 Å². The Morgan fingerprint density at radius 3 is 2.58 bits per heavy atom. The van der Waals surface area contributed by atoms with Crippen molar-refractivity contribution in [2.24, 2.45) is 7.05 Å². The molecule has 1 aromatic rings. The number of nitrogens with zero attached hydrogens (tertiary/aromatic N) is 4. The first kappa shape index (κ1) is 15.0. The first-order chi connectivity index (χ1) is 8.75. The molecule has 0 bridgehead atoms. The van der Waals surface area contributed by atoms with Crippen molar-refractivity contribution < 1.29 is 13.2 Å². The Labute approximate surface area is 122 Å². The van der Waals surface area contributed by atoms with Gasteiger partial charge in [0.2, 0.25) is 0 Å². The number of hydrogen-bond acceptors (Lipinski definition) is 4. The number of rotatable bonds is 4. The number of aryl methyl sites for hydroxylation is 1. The van der Waals surface area contributed by atoms with Gasteiger partial charge in [-0.25, -0.2) is 4.68 Å². The van der Waals surface area contributed by atoms with E-state index in [0.29, 0.717) is 0 Å². The lowest BCUT2D eigenvalue weighted by molar-refractivity contribution is -0.144. The molecule has 0 aliphatic carbocycles. The molecule has 0 atom stereocenters. The van der Waals surface area contributed by atoms with E-state index in [1.165, 1.54) is 7.05 Å². The zero-order valence-electron chi connectivity index (χ0n) is 10.6. The monoisotopic (exact) mass is 389 g/mol. The summed E-state index contributed by atoms with van der Waals surface area (Å²) in [5.74, 6) is 0. The smallest absolute Gasteiger partial charge is 0.318 e. The second-order valence-electron chi connectivity index (χ2n) is 4.83. The number of halogens is 4. The molecular formula is C10H15F3IN5. The minimum absolute atomic E-state index is 0.00194. The van der Waals surface area contributed by atoms with E-state index in [-0.39, 0.29) is 15.7 Å². The van der Waals surface area contributed by atoms with Crippen LogP contribution >= 0.6 is 22.6 Å². The molecule has 1 aliphatic rings. The van der Waals surface area contributed by atoms with Crippen LogP contribution in [0, 0.1) is 0 Å². The lowest BCUT2D eigenvalue weighted by atomic mass is 9.99. The van der Waals surface area contributed by atoms with E-state index in [9.17, 15) is 13.2 Å². The highest BCUT2D eigenvalue weighted by Gasteiger charge is 2.43. The minimum Gasteiger partial charge on any atom is -0.318 e. The number of alkyl halides is 4. The fourth-order valence-electron chi connectivity index (χ4n) is 2.36. The summed E-state index contributed by atoms with van der Waals surface area (Å²) in [4.78, 5) is 1.95. The molecule has 0 radical (unpaired) electrons. The van der Waals surface area contributed by atoms with Gasteiger partial charge in [0.1, 0.15) is 5.69 Å². The molecule has 2 rings (SSSR count). The summed E-state index contributed by atoms with van der Waals surface area (Å²) in [6.07, 6.45) is -4.41. The number of aromatic nitrogens is 3. The molecule has 1 N–H and O–H groups in total. The van der Waals surface area contributed by atoms with Crippen LogP contribution in [-0.4, -0.2) is 50.0 Å². The topological polar surface area (TPSA) is 46.0 Å². The number of nitrogens with one attached hydrogen (secondary N) is 1. The summed E-state index contributed by atoms with van der Waals surface area (Å²) in [6, 6.07) is 0. The standard InChI is InChI=1S/C10H15F3IN5/c1-15-4-9(14)5-19(6-9)3-7-8(10(11,12)13)18(2)17-16-7/h15H,3-6H2,1-2H3. The van der Waals surface area contributed by atoms with Crippen molar-refractivity contribution in [3.05, 3.63) is 11.4 Å². The van der Waals surface area contributed by atoms with E-state index in [1.807, 2.05) is 11.9 Å². The van der Waals surface area contributed by atoms with Crippen molar-refractivity contribution in [2.75, 3.05) is 26.7 Å². The zero-order valence-corrected chi connectivity index (χ0v) is 12.8. The fraction of sp³-hybridized carbons (Fsp3) is 0.800. The van der Waals surface area contributed by atoms with Crippen molar-refractivity contribution >= 4 is 22.6 Å². The number of hydrogen-bond donors (Lipinski definition) is 1. The van der Waals surface area contributed by atoms with Gasteiger partial charge in [-0.2, -0.15) is 13.2 Å². The van der Waals surface area contributed by atoms with Crippen LogP contribution in [0.15, 0.2) is 0 Å². The second-order valence-corrected chi connectivity index (χ2v) is 7.12. The average molecular weight is 389 g/mol. The summed E-state index contributed by atoms with van der Waals surface area (Å²) in [7, 11) is 3.13. The molecule has 0 spiro atoms. The molecule has 5 nitrogen and oxygen atoms in total. The van der Waals surface area contributed by atoms with Gasteiger partial charge in [0, 0.05) is 33.2 Å². The highest BCUT2D eigenvalue weighted by atomic mass is 127. The second kappa shape index (κ2) is 5.17. The maximum Gasteiger partial charge on any atom is 0.434 e. The summed E-state index contributed by atoms with van der Waals surface area (Å²) in [5.41, 5.74) is -0.759. The Balaban J connectivity index is 2.03. The lowest BCUT2D eigenvalue weighted by Crippen LogP contribution is -2.61.